The van der Waals surface area contributed by atoms with E-state index < -0.39 is 10.0 Å². The first kappa shape index (κ1) is 17.6. The summed E-state index contributed by atoms with van der Waals surface area (Å²) in [6.45, 7) is 12.5. The molecule has 0 saturated carbocycles. The molecule has 0 saturated heterocycles. The lowest BCUT2D eigenvalue weighted by atomic mass is 10.2. The first-order valence-corrected chi connectivity index (χ1v) is 8.40. The Hall–Kier alpha value is -1.43. The fourth-order valence-corrected chi connectivity index (χ4v) is 3.30. The smallest absolute Gasteiger partial charge is 0.243 e. The Balaban J connectivity index is 3.03. The summed E-state index contributed by atoms with van der Waals surface area (Å²) in [7, 11) is -3.52. The molecule has 0 atom stereocenters. The number of nitrogens with one attached hydrogen (secondary N) is 1. The van der Waals surface area contributed by atoms with E-state index in [2.05, 4.69) is 32.3 Å². The number of nitrogens with zero attached hydrogens (tertiary/aromatic N) is 1. The van der Waals surface area contributed by atoms with Crippen molar-refractivity contribution in [2.24, 2.45) is 0 Å². The summed E-state index contributed by atoms with van der Waals surface area (Å²) in [6, 6.07) is 7.37. The van der Waals surface area contributed by atoms with Gasteiger partial charge in [-0.2, -0.15) is 4.31 Å². The van der Waals surface area contributed by atoms with Gasteiger partial charge >= 0.3 is 0 Å². The molecule has 116 valence electrons. The van der Waals surface area contributed by atoms with Crippen LogP contribution >= 0.6 is 0 Å². The highest BCUT2D eigenvalue weighted by Gasteiger charge is 2.22. The number of benzene rings is 1. The molecule has 1 N–H and O–H groups in total. The third kappa shape index (κ3) is 5.12. The number of hydrogen-bond acceptors (Lipinski definition) is 3. The zero-order valence-corrected chi connectivity index (χ0v) is 13.6. The Bertz CT molecular complexity index is 570. The first-order chi connectivity index (χ1) is 9.91. The van der Waals surface area contributed by atoms with Crippen LogP contribution in [0.3, 0.4) is 0 Å². The number of hydrogen-bond donors (Lipinski definition) is 1. The standard InChI is InChI=1S/C16H24N2O2S/c1-5-10-18(11-6-2)21(19,20)16-9-7-8-15(12-16)13-17-14(3)4/h5-9,12,14,17H,1-2,10-11,13H2,3-4H3. The van der Waals surface area contributed by atoms with Crippen LogP contribution in [0, 0.1) is 0 Å². The molecular formula is C16H24N2O2S. The molecule has 0 unspecified atom stereocenters. The Kier molecular flexibility index (Phi) is 6.81. The van der Waals surface area contributed by atoms with Crippen LogP contribution in [-0.2, 0) is 16.6 Å². The van der Waals surface area contributed by atoms with Crippen molar-refractivity contribution >= 4 is 10.0 Å². The molecule has 1 aromatic rings. The van der Waals surface area contributed by atoms with E-state index in [1.54, 1.807) is 30.4 Å². The highest BCUT2D eigenvalue weighted by molar-refractivity contribution is 7.89. The van der Waals surface area contributed by atoms with Crippen LogP contribution in [0.2, 0.25) is 0 Å². The van der Waals surface area contributed by atoms with Gasteiger partial charge in [-0.15, -0.1) is 13.2 Å². The van der Waals surface area contributed by atoms with Gasteiger partial charge in [0.15, 0.2) is 0 Å². The van der Waals surface area contributed by atoms with Crippen molar-refractivity contribution in [1.29, 1.82) is 0 Å². The molecule has 21 heavy (non-hydrogen) atoms. The van der Waals surface area contributed by atoms with E-state index in [-0.39, 0.29) is 13.1 Å². The van der Waals surface area contributed by atoms with Crippen LogP contribution in [-0.4, -0.2) is 31.9 Å². The van der Waals surface area contributed by atoms with E-state index in [0.717, 1.165) is 5.56 Å². The molecule has 0 aliphatic carbocycles. The van der Waals surface area contributed by atoms with E-state index >= 15 is 0 Å². The topological polar surface area (TPSA) is 49.4 Å². The maximum Gasteiger partial charge on any atom is 0.243 e. The van der Waals surface area contributed by atoms with Gasteiger partial charge in [0.05, 0.1) is 4.90 Å². The zero-order valence-electron chi connectivity index (χ0n) is 12.7. The molecule has 4 nitrogen and oxygen atoms in total. The van der Waals surface area contributed by atoms with Gasteiger partial charge in [-0.25, -0.2) is 8.42 Å². The molecule has 1 rings (SSSR count). The van der Waals surface area contributed by atoms with E-state index in [1.165, 1.54) is 4.31 Å². The summed E-state index contributed by atoms with van der Waals surface area (Å²) in [4.78, 5) is 0.300. The third-order valence-electron chi connectivity index (χ3n) is 2.92. The molecule has 1 aromatic carbocycles. The van der Waals surface area contributed by atoms with Gasteiger partial charge in [-0.3, -0.25) is 0 Å². The van der Waals surface area contributed by atoms with Crippen LogP contribution in [0.15, 0.2) is 54.5 Å². The molecule has 5 heteroatoms. The normalized spacial score (nSPS) is 11.8. The summed E-state index contributed by atoms with van der Waals surface area (Å²) >= 11 is 0. The Morgan fingerprint density at radius 2 is 1.86 bits per heavy atom. The summed E-state index contributed by atoms with van der Waals surface area (Å²) in [6.07, 6.45) is 3.15. The minimum absolute atomic E-state index is 0.267. The third-order valence-corrected chi connectivity index (χ3v) is 4.74. The van der Waals surface area contributed by atoms with Gasteiger partial charge in [0, 0.05) is 25.7 Å². The number of rotatable bonds is 9. The maximum atomic E-state index is 12.6. The average Bonchev–Trinajstić information content (AvgIpc) is 2.45. The van der Waals surface area contributed by atoms with Gasteiger partial charge in [0.1, 0.15) is 0 Å². The lowest BCUT2D eigenvalue weighted by Crippen LogP contribution is -2.31. The fourth-order valence-electron chi connectivity index (χ4n) is 1.85. The second-order valence-electron chi connectivity index (χ2n) is 5.08. The van der Waals surface area contributed by atoms with E-state index in [4.69, 9.17) is 0 Å². The largest absolute Gasteiger partial charge is 0.310 e. The molecule has 0 aliphatic heterocycles. The van der Waals surface area contributed by atoms with Crippen LogP contribution in [0.5, 0.6) is 0 Å². The monoisotopic (exact) mass is 308 g/mol. The molecule has 0 bridgehead atoms. The molecule has 0 spiro atoms. The predicted molar refractivity (Wildman–Crippen MR) is 87.6 cm³/mol. The second-order valence-corrected chi connectivity index (χ2v) is 7.02. The second kappa shape index (κ2) is 8.12. The van der Waals surface area contributed by atoms with Crippen molar-refractivity contribution in [1.82, 2.24) is 9.62 Å². The lowest BCUT2D eigenvalue weighted by molar-refractivity contribution is 0.474. The van der Waals surface area contributed by atoms with Crippen molar-refractivity contribution < 1.29 is 8.42 Å². The SMILES string of the molecule is C=CCN(CC=C)S(=O)(=O)c1cccc(CNC(C)C)c1. The molecule has 0 amide bonds. The first-order valence-electron chi connectivity index (χ1n) is 6.96. The van der Waals surface area contributed by atoms with Crippen LogP contribution < -0.4 is 5.32 Å². The van der Waals surface area contributed by atoms with Crippen molar-refractivity contribution in [3.8, 4) is 0 Å². The maximum absolute atomic E-state index is 12.6. The van der Waals surface area contributed by atoms with Crippen molar-refractivity contribution in [2.75, 3.05) is 13.1 Å². The Morgan fingerprint density at radius 3 is 2.38 bits per heavy atom. The average molecular weight is 308 g/mol. The summed E-state index contributed by atoms with van der Waals surface area (Å²) in [5.74, 6) is 0. The Morgan fingerprint density at radius 1 is 1.24 bits per heavy atom. The van der Waals surface area contributed by atoms with Crippen molar-refractivity contribution in [3.05, 3.63) is 55.1 Å². The molecule has 0 fully saturated rings. The molecule has 0 aromatic heterocycles. The van der Waals surface area contributed by atoms with E-state index in [0.29, 0.717) is 17.5 Å². The van der Waals surface area contributed by atoms with Gasteiger partial charge in [-0.05, 0) is 17.7 Å². The zero-order chi connectivity index (χ0) is 15.9. The summed E-state index contributed by atoms with van der Waals surface area (Å²) in [5, 5.41) is 3.28. The van der Waals surface area contributed by atoms with Gasteiger partial charge in [0.25, 0.3) is 0 Å². The van der Waals surface area contributed by atoms with Gasteiger partial charge in [-0.1, -0.05) is 38.1 Å². The molecule has 0 aliphatic rings. The quantitative estimate of drug-likeness (QED) is 0.713. The fraction of sp³-hybridized carbons (Fsp3) is 0.375. The van der Waals surface area contributed by atoms with Crippen molar-refractivity contribution in [3.63, 3.8) is 0 Å². The summed E-state index contributed by atoms with van der Waals surface area (Å²) < 4.78 is 26.6. The van der Waals surface area contributed by atoms with E-state index in [1.807, 2.05) is 6.07 Å². The van der Waals surface area contributed by atoms with Crippen LogP contribution in [0.25, 0.3) is 0 Å². The molecule has 0 radical (unpaired) electrons. The van der Waals surface area contributed by atoms with Crippen LogP contribution in [0.1, 0.15) is 19.4 Å². The minimum atomic E-state index is -3.52. The lowest BCUT2D eigenvalue weighted by Gasteiger charge is -2.19. The molecule has 0 heterocycles. The summed E-state index contributed by atoms with van der Waals surface area (Å²) in [5.41, 5.74) is 0.946. The Labute approximate surface area is 128 Å². The highest BCUT2D eigenvalue weighted by Crippen LogP contribution is 2.17. The van der Waals surface area contributed by atoms with E-state index in [9.17, 15) is 8.42 Å². The minimum Gasteiger partial charge on any atom is -0.310 e. The van der Waals surface area contributed by atoms with Gasteiger partial charge in [0.2, 0.25) is 10.0 Å². The molecular weight excluding hydrogens is 284 g/mol. The number of sulfonamides is 1. The van der Waals surface area contributed by atoms with Crippen molar-refractivity contribution in [2.45, 2.75) is 31.3 Å². The van der Waals surface area contributed by atoms with Crippen LogP contribution in [0.4, 0.5) is 0 Å². The predicted octanol–water partition coefficient (Wildman–Crippen LogP) is 2.55. The van der Waals surface area contributed by atoms with Gasteiger partial charge < -0.3 is 5.32 Å². The highest BCUT2D eigenvalue weighted by atomic mass is 32.2.